The molecule has 0 bridgehead atoms. The first kappa shape index (κ1) is 5.51. The summed E-state index contributed by atoms with van der Waals surface area (Å²) < 4.78 is 0. The molecule has 1 saturated heterocycles. The molecule has 2 nitrogen and oxygen atoms in total. The average molecular weight is 188 g/mol. The van der Waals surface area contributed by atoms with E-state index in [1.54, 1.807) is 0 Å². The molecular weight excluding hydrogens is 181 g/mol. The van der Waals surface area contributed by atoms with Gasteiger partial charge in [-0.1, -0.05) is 0 Å². The van der Waals surface area contributed by atoms with Crippen molar-refractivity contribution >= 4 is 20.9 Å². The molecule has 2 heterocycles. The molecule has 0 radical (unpaired) electrons. The molecule has 0 N–H and O–H groups in total. The second-order valence-electron chi connectivity index (χ2n) is 2.21. The Hall–Kier alpha value is -0.271. The van der Waals surface area contributed by atoms with E-state index in [0.717, 1.165) is 13.0 Å². The predicted octanol–water partition coefficient (Wildman–Crippen LogP) is -0.224. The normalized spacial score (nSPS) is 31.8. The van der Waals surface area contributed by atoms with Gasteiger partial charge in [0.15, 0.2) is 0 Å². The molecule has 2 rings (SSSR count). The van der Waals surface area contributed by atoms with Crippen LogP contribution in [-0.2, 0) is 4.79 Å². The topological polar surface area (TPSA) is 20.3 Å². The van der Waals surface area contributed by atoms with Gasteiger partial charge < -0.3 is 0 Å². The van der Waals surface area contributed by atoms with Crippen molar-refractivity contribution in [2.75, 3.05) is 6.54 Å². The van der Waals surface area contributed by atoms with E-state index >= 15 is 0 Å². The molecule has 0 saturated carbocycles. The third-order valence-corrected chi connectivity index (χ3v) is 3.93. The number of fused-ring (bicyclic) bond motifs is 1. The molecule has 1 unspecified atom stereocenters. The fraction of sp³-hybridized carbons (Fsp3) is 0.500. The molecule has 0 aliphatic carbocycles. The third-order valence-electron chi connectivity index (χ3n) is 1.65. The predicted molar refractivity (Wildman–Crippen MR) is 35.0 cm³/mol. The molecule has 9 heavy (non-hydrogen) atoms. The summed E-state index contributed by atoms with van der Waals surface area (Å²) in [5.74, 6) is 0.339. The van der Waals surface area contributed by atoms with E-state index in [0.29, 0.717) is 25.8 Å². The maximum absolute atomic E-state index is 10.8. The molecular formula is C6H7NOSe. The molecule has 48 valence electrons. The Bertz CT molecular complexity index is 178. The van der Waals surface area contributed by atoms with Crippen LogP contribution >= 0.6 is 0 Å². The van der Waals surface area contributed by atoms with Gasteiger partial charge in [0, 0.05) is 0 Å². The molecule has 1 amide bonds. The number of nitrogens with zero attached hydrogens (tertiary/aromatic N) is 1. The van der Waals surface area contributed by atoms with Crippen LogP contribution < -0.4 is 0 Å². The van der Waals surface area contributed by atoms with Crippen molar-refractivity contribution < 1.29 is 4.79 Å². The van der Waals surface area contributed by atoms with Gasteiger partial charge in [-0.15, -0.1) is 0 Å². The van der Waals surface area contributed by atoms with Gasteiger partial charge in [-0.25, -0.2) is 0 Å². The van der Waals surface area contributed by atoms with Crippen LogP contribution in [0.2, 0.25) is 0 Å². The summed E-state index contributed by atoms with van der Waals surface area (Å²) in [6, 6.07) is 0. The van der Waals surface area contributed by atoms with Crippen molar-refractivity contribution in [1.82, 2.24) is 4.90 Å². The summed E-state index contributed by atoms with van der Waals surface area (Å²) in [6.45, 7) is 0.866. The average Bonchev–Trinajstić information content (AvgIpc) is 1.86. The number of carbonyl (C=O) groups is 1. The molecule has 0 aromatic rings. The number of carbonyl (C=O) groups excluding carboxylic acids is 1. The molecule has 1 atom stereocenters. The Morgan fingerprint density at radius 2 is 2.67 bits per heavy atom. The zero-order valence-electron chi connectivity index (χ0n) is 4.91. The summed E-state index contributed by atoms with van der Waals surface area (Å²) in [7, 11) is 0. The van der Waals surface area contributed by atoms with E-state index in [-0.39, 0.29) is 0 Å². The Kier molecular flexibility index (Phi) is 1.14. The molecule has 0 aromatic carbocycles. The van der Waals surface area contributed by atoms with Gasteiger partial charge in [0.1, 0.15) is 0 Å². The van der Waals surface area contributed by atoms with Crippen LogP contribution in [0.1, 0.15) is 6.42 Å². The van der Waals surface area contributed by atoms with E-state index in [1.165, 1.54) is 0 Å². The van der Waals surface area contributed by atoms with Crippen molar-refractivity contribution in [2.24, 2.45) is 0 Å². The van der Waals surface area contributed by atoms with E-state index in [4.69, 9.17) is 0 Å². The van der Waals surface area contributed by atoms with Crippen LogP contribution in [0.5, 0.6) is 0 Å². The Balaban J connectivity index is 2.12. The van der Waals surface area contributed by atoms with Crippen molar-refractivity contribution in [3.05, 3.63) is 11.1 Å². The van der Waals surface area contributed by atoms with E-state index < -0.39 is 0 Å². The van der Waals surface area contributed by atoms with Crippen LogP contribution in [-0.4, -0.2) is 37.2 Å². The van der Waals surface area contributed by atoms with Gasteiger partial charge >= 0.3 is 59.5 Å². The zero-order valence-corrected chi connectivity index (χ0v) is 6.62. The number of hydrogen-bond donors (Lipinski definition) is 0. The summed E-state index contributed by atoms with van der Waals surface area (Å²) in [6.07, 6.45) is 2.90. The van der Waals surface area contributed by atoms with Gasteiger partial charge in [0.25, 0.3) is 0 Å². The van der Waals surface area contributed by atoms with Crippen LogP contribution in [0.3, 0.4) is 0 Å². The van der Waals surface area contributed by atoms with E-state index in [1.807, 2.05) is 4.90 Å². The maximum atomic E-state index is 10.8. The minimum atomic E-state index is 0.339. The number of rotatable bonds is 0. The Labute approximate surface area is 60.1 Å². The first-order chi connectivity index (χ1) is 4.38. The van der Waals surface area contributed by atoms with Crippen molar-refractivity contribution in [2.45, 2.75) is 11.4 Å². The third kappa shape index (κ3) is 0.723. The van der Waals surface area contributed by atoms with E-state index in [9.17, 15) is 4.79 Å². The summed E-state index contributed by atoms with van der Waals surface area (Å²) in [5.41, 5.74) is 0. The van der Waals surface area contributed by atoms with Crippen LogP contribution in [0.15, 0.2) is 11.1 Å². The Morgan fingerprint density at radius 1 is 1.78 bits per heavy atom. The van der Waals surface area contributed by atoms with Gasteiger partial charge in [-0.2, -0.15) is 0 Å². The Morgan fingerprint density at radius 3 is 3.22 bits per heavy atom. The molecule has 2 aliphatic heterocycles. The standard InChI is InChI=1S/C6H7NOSe/c8-5-4-6-7(5)2-1-3-9-6/h1,3,6H,2,4H2. The van der Waals surface area contributed by atoms with Crippen LogP contribution in [0.4, 0.5) is 0 Å². The molecule has 0 spiro atoms. The molecule has 1 fully saturated rings. The van der Waals surface area contributed by atoms with Crippen molar-refractivity contribution in [1.29, 1.82) is 0 Å². The molecule has 2 aliphatic rings. The van der Waals surface area contributed by atoms with Crippen LogP contribution in [0, 0.1) is 0 Å². The fourth-order valence-electron chi connectivity index (χ4n) is 1.07. The fourth-order valence-corrected chi connectivity index (χ4v) is 3.10. The summed E-state index contributed by atoms with van der Waals surface area (Å²) in [5, 5.41) is 0. The second-order valence-corrected chi connectivity index (χ2v) is 4.50. The monoisotopic (exact) mass is 189 g/mol. The first-order valence-electron chi connectivity index (χ1n) is 2.98. The van der Waals surface area contributed by atoms with Crippen molar-refractivity contribution in [3.8, 4) is 0 Å². The number of β-lactam (4-membered cyclic amide) rings is 1. The van der Waals surface area contributed by atoms with Gasteiger partial charge in [-0.05, 0) is 0 Å². The van der Waals surface area contributed by atoms with Crippen LogP contribution in [0.25, 0.3) is 0 Å². The summed E-state index contributed by atoms with van der Waals surface area (Å²) >= 11 is 0.576. The minimum absolute atomic E-state index is 0.339. The number of amides is 1. The van der Waals surface area contributed by atoms with Gasteiger partial charge in [0.05, 0.1) is 0 Å². The summed E-state index contributed by atoms with van der Waals surface area (Å²) in [4.78, 5) is 15.6. The van der Waals surface area contributed by atoms with Gasteiger partial charge in [-0.3, -0.25) is 0 Å². The SMILES string of the molecule is O=C1CC2[Se]C=CCN12. The molecule has 0 aromatic heterocycles. The van der Waals surface area contributed by atoms with Gasteiger partial charge in [0.2, 0.25) is 0 Å². The van der Waals surface area contributed by atoms with Crippen molar-refractivity contribution in [3.63, 3.8) is 0 Å². The number of hydrogen-bond acceptors (Lipinski definition) is 1. The zero-order chi connectivity index (χ0) is 6.27. The quantitative estimate of drug-likeness (QED) is 0.380. The second kappa shape index (κ2) is 1.86. The van der Waals surface area contributed by atoms with E-state index in [2.05, 4.69) is 11.1 Å². The molecule has 3 heteroatoms. The first-order valence-corrected chi connectivity index (χ1v) is 4.96.